The molecule has 0 saturated carbocycles. The molecule has 0 aliphatic rings. The van der Waals surface area contributed by atoms with Gasteiger partial charge in [-0.25, -0.2) is 0 Å². The molecule has 1 atom stereocenters. The first-order valence-corrected chi connectivity index (χ1v) is 8.51. The zero-order chi connectivity index (χ0) is 20.8. The molecule has 10 nitrogen and oxygen atoms in total. The lowest BCUT2D eigenvalue weighted by Crippen LogP contribution is -2.36. The van der Waals surface area contributed by atoms with Gasteiger partial charge in [-0.2, -0.15) is 5.10 Å². The molecule has 28 heavy (non-hydrogen) atoms. The van der Waals surface area contributed by atoms with Crippen molar-refractivity contribution in [3.8, 4) is 5.75 Å². The number of nitro groups is 1. The molecule has 2 aromatic rings. The fourth-order valence-electron chi connectivity index (χ4n) is 2.59. The van der Waals surface area contributed by atoms with Gasteiger partial charge >= 0.3 is 11.7 Å². The third-order valence-corrected chi connectivity index (χ3v) is 4.11. The Labute approximate surface area is 161 Å². The number of hydrogen-bond donors (Lipinski definition) is 1. The molecule has 2 rings (SSSR count). The Morgan fingerprint density at radius 1 is 1.29 bits per heavy atom. The lowest BCUT2D eigenvalue weighted by atomic mass is 10.2. The standard InChI is InChI=1S/C18H22N4O6/c1-11-17(22(25)26)12(2)21(20-11)10-16(23)28-13(3)18(24)19-9-14-5-7-15(27-4)8-6-14/h5-8,13H,9-10H2,1-4H3,(H,19,24)/t13-/m0/s1. The monoisotopic (exact) mass is 390 g/mol. The smallest absolute Gasteiger partial charge is 0.328 e. The van der Waals surface area contributed by atoms with Crippen LogP contribution in [0.2, 0.25) is 0 Å². The molecule has 0 fully saturated rings. The molecular formula is C18H22N4O6. The van der Waals surface area contributed by atoms with E-state index in [1.165, 1.54) is 25.5 Å². The average molecular weight is 390 g/mol. The number of nitrogens with zero attached hydrogens (tertiary/aromatic N) is 3. The first-order chi connectivity index (χ1) is 13.2. The van der Waals surface area contributed by atoms with E-state index in [2.05, 4.69) is 10.4 Å². The predicted octanol–water partition coefficient (Wildman–Crippen LogP) is 1.66. The number of hydrogen-bond acceptors (Lipinski definition) is 7. The molecule has 1 N–H and O–H groups in total. The van der Waals surface area contributed by atoms with Crippen LogP contribution in [0.4, 0.5) is 5.69 Å². The number of esters is 1. The second kappa shape index (κ2) is 8.98. The Balaban J connectivity index is 1.88. The van der Waals surface area contributed by atoms with Gasteiger partial charge in [0.25, 0.3) is 5.91 Å². The quantitative estimate of drug-likeness (QED) is 0.413. The van der Waals surface area contributed by atoms with Crippen molar-refractivity contribution in [1.82, 2.24) is 15.1 Å². The molecule has 10 heteroatoms. The number of aryl methyl sites for hydroxylation is 1. The van der Waals surface area contributed by atoms with Gasteiger partial charge in [-0.3, -0.25) is 24.4 Å². The minimum absolute atomic E-state index is 0.141. The summed E-state index contributed by atoms with van der Waals surface area (Å²) in [4.78, 5) is 34.6. The Hall–Kier alpha value is -3.43. The van der Waals surface area contributed by atoms with Gasteiger partial charge in [0.15, 0.2) is 6.10 Å². The molecule has 1 aromatic carbocycles. The van der Waals surface area contributed by atoms with Gasteiger partial charge in [0.05, 0.1) is 12.0 Å². The van der Waals surface area contributed by atoms with Gasteiger partial charge in [0.2, 0.25) is 0 Å². The van der Waals surface area contributed by atoms with Crippen molar-refractivity contribution in [3.63, 3.8) is 0 Å². The van der Waals surface area contributed by atoms with Crippen LogP contribution in [0.25, 0.3) is 0 Å². The lowest BCUT2D eigenvalue weighted by molar-refractivity contribution is -0.386. The Kier molecular flexibility index (Phi) is 6.69. The molecule has 0 aliphatic heterocycles. The molecule has 0 aliphatic carbocycles. The number of carbonyl (C=O) groups excluding carboxylic acids is 2. The number of amides is 1. The summed E-state index contributed by atoms with van der Waals surface area (Å²) in [5, 5.41) is 17.7. The number of nitrogens with one attached hydrogen (secondary N) is 1. The summed E-state index contributed by atoms with van der Waals surface area (Å²) in [7, 11) is 1.57. The summed E-state index contributed by atoms with van der Waals surface area (Å²) < 4.78 is 11.4. The van der Waals surface area contributed by atoms with Crippen molar-refractivity contribution in [2.45, 2.75) is 40.0 Å². The van der Waals surface area contributed by atoms with Crippen LogP contribution in [0.3, 0.4) is 0 Å². The largest absolute Gasteiger partial charge is 0.497 e. The highest BCUT2D eigenvalue weighted by atomic mass is 16.6. The van der Waals surface area contributed by atoms with E-state index < -0.39 is 22.9 Å². The molecule has 1 aromatic heterocycles. The maximum absolute atomic E-state index is 12.1. The SMILES string of the molecule is COc1ccc(CNC(=O)[C@H](C)OC(=O)Cn2nc(C)c([N+](=O)[O-])c2C)cc1. The van der Waals surface area contributed by atoms with Crippen LogP contribution in [0.5, 0.6) is 5.75 Å². The van der Waals surface area contributed by atoms with Gasteiger partial charge < -0.3 is 14.8 Å². The number of aromatic nitrogens is 2. The van der Waals surface area contributed by atoms with Crippen LogP contribution in [-0.4, -0.2) is 39.8 Å². The third kappa shape index (κ3) is 5.06. The Morgan fingerprint density at radius 3 is 2.46 bits per heavy atom. The maximum Gasteiger partial charge on any atom is 0.328 e. The fourth-order valence-corrected chi connectivity index (χ4v) is 2.59. The Morgan fingerprint density at radius 2 is 1.93 bits per heavy atom. The van der Waals surface area contributed by atoms with Crippen LogP contribution in [0.15, 0.2) is 24.3 Å². The second-order valence-electron chi connectivity index (χ2n) is 6.13. The molecule has 1 heterocycles. The van der Waals surface area contributed by atoms with E-state index in [4.69, 9.17) is 9.47 Å². The average Bonchev–Trinajstić information content (AvgIpc) is 2.93. The summed E-state index contributed by atoms with van der Waals surface area (Å²) in [6.07, 6.45) is -1.02. The van der Waals surface area contributed by atoms with Gasteiger partial charge in [-0.1, -0.05) is 12.1 Å². The van der Waals surface area contributed by atoms with E-state index in [-0.39, 0.29) is 30.2 Å². The van der Waals surface area contributed by atoms with Crippen molar-refractivity contribution in [2.75, 3.05) is 7.11 Å². The van der Waals surface area contributed by atoms with E-state index in [0.717, 1.165) is 5.56 Å². The molecule has 1 amide bonds. The second-order valence-corrected chi connectivity index (χ2v) is 6.13. The Bertz CT molecular complexity index is 875. The van der Waals surface area contributed by atoms with E-state index in [1.807, 2.05) is 12.1 Å². The maximum atomic E-state index is 12.1. The molecule has 0 unspecified atom stereocenters. The lowest BCUT2D eigenvalue weighted by Gasteiger charge is -2.14. The van der Waals surface area contributed by atoms with Crippen molar-refractivity contribution in [2.24, 2.45) is 0 Å². The van der Waals surface area contributed by atoms with Gasteiger partial charge in [0, 0.05) is 6.54 Å². The molecule has 0 bridgehead atoms. The summed E-state index contributed by atoms with van der Waals surface area (Å²) in [6.45, 7) is 4.38. The molecular weight excluding hydrogens is 368 g/mol. The van der Waals surface area contributed by atoms with Crippen LogP contribution in [0.1, 0.15) is 23.9 Å². The zero-order valence-corrected chi connectivity index (χ0v) is 16.1. The van der Waals surface area contributed by atoms with Crippen LogP contribution in [-0.2, 0) is 27.4 Å². The zero-order valence-electron chi connectivity index (χ0n) is 16.1. The van der Waals surface area contributed by atoms with Crippen molar-refractivity contribution < 1.29 is 24.0 Å². The molecule has 0 saturated heterocycles. The highest BCUT2D eigenvalue weighted by Gasteiger charge is 2.24. The minimum Gasteiger partial charge on any atom is -0.497 e. The van der Waals surface area contributed by atoms with Gasteiger partial charge in [0.1, 0.15) is 23.7 Å². The molecule has 0 radical (unpaired) electrons. The number of rotatable bonds is 8. The van der Waals surface area contributed by atoms with Crippen LogP contribution in [0, 0.1) is 24.0 Å². The van der Waals surface area contributed by atoms with Gasteiger partial charge in [-0.05, 0) is 38.5 Å². The summed E-state index contributed by atoms with van der Waals surface area (Å²) in [5.74, 6) is -0.460. The van der Waals surface area contributed by atoms with Gasteiger partial charge in [-0.15, -0.1) is 0 Å². The van der Waals surface area contributed by atoms with E-state index >= 15 is 0 Å². The summed E-state index contributed by atoms with van der Waals surface area (Å²) in [6, 6.07) is 7.17. The van der Waals surface area contributed by atoms with E-state index in [0.29, 0.717) is 5.75 Å². The number of methoxy groups -OCH3 is 1. The number of ether oxygens (including phenoxy) is 2. The predicted molar refractivity (Wildman–Crippen MR) is 98.8 cm³/mol. The van der Waals surface area contributed by atoms with Crippen molar-refractivity contribution in [1.29, 1.82) is 0 Å². The summed E-state index contributed by atoms with van der Waals surface area (Å²) >= 11 is 0. The third-order valence-electron chi connectivity index (χ3n) is 4.11. The first-order valence-electron chi connectivity index (χ1n) is 8.51. The molecule has 0 spiro atoms. The minimum atomic E-state index is -1.02. The fraction of sp³-hybridized carbons (Fsp3) is 0.389. The molecule has 150 valence electrons. The highest BCUT2D eigenvalue weighted by Crippen LogP contribution is 2.21. The van der Waals surface area contributed by atoms with E-state index in [1.54, 1.807) is 19.2 Å². The number of carbonyl (C=O) groups is 2. The highest BCUT2D eigenvalue weighted by molar-refractivity contribution is 5.83. The first kappa shape index (κ1) is 20.9. The van der Waals surface area contributed by atoms with Crippen LogP contribution < -0.4 is 10.1 Å². The topological polar surface area (TPSA) is 126 Å². The van der Waals surface area contributed by atoms with Crippen molar-refractivity contribution >= 4 is 17.6 Å². The van der Waals surface area contributed by atoms with E-state index in [9.17, 15) is 19.7 Å². The van der Waals surface area contributed by atoms with Crippen LogP contribution >= 0.6 is 0 Å². The summed E-state index contributed by atoms with van der Waals surface area (Å²) in [5.41, 5.74) is 1.18. The number of benzene rings is 1. The normalized spacial score (nSPS) is 11.6. The van der Waals surface area contributed by atoms with Crippen molar-refractivity contribution in [3.05, 3.63) is 51.3 Å².